The Labute approximate surface area is 184 Å². The Balaban J connectivity index is 1.52. The second-order valence-electron chi connectivity index (χ2n) is 7.27. The van der Waals surface area contributed by atoms with Gasteiger partial charge in [-0.1, -0.05) is 36.9 Å². The summed E-state index contributed by atoms with van der Waals surface area (Å²) in [4.78, 5) is 25.0. The Morgan fingerprint density at radius 1 is 0.812 bits per heavy atom. The number of rotatable bonds is 5. The van der Waals surface area contributed by atoms with E-state index in [-0.39, 0.29) is 5.91 Å². The van der Waals surface area contributed by atoms with Crippen LogP contribution in [-0.4, -0.2) is 20.9 Å². The Morgan fingerprint density at radius 3 is 2.59 bits per heavy atom. The van der Waals surface area contributed by atoms with Crippen molar-refractivity contribution >= 4 is 44.9 Å². The van der Waals surface area contributed by atoms with Crippen molar-refractivity contribution in [2.45, 2.75) is 0 Å². The molecule has 0 radical (unpaired) electrons. The predicted molar refractivity (Wildman–Crippen MR) is 129 cm³/mol. The summed E-state index contributed by atoms with van der Waals surface area (Å²) in [6.45, 7) is 3.48. The van der Waals surface area contributed by atoms with E-state index < -0.39 is 0 Å². The number of carbonyl (C=O) groups excluding carboxylic acids is 1. The number of anilines is 3. The Morgan fingerprint density at radius 2 is 1.69 bits per heavy atom. The highest BCUT2D eigenvalue weighted by molar-refractivity contribution is 5.99. The van der Waals surface area contributed by atoms with E-state index in [4.69, 9.17) is 0 Å². The van der Waals surface area contributed by atoms with E-state index in [9.17, 15) is 4.79 Å². The van der Waals surface area contributed by atoms with Gasteiger partial charge in [0.25, 0.3) is 0 Å². The third-order valence-electron chi connectivity index (χ3n) is 5.14. The van der Waals surface area contributed by atoms with E-state index in [0.717, 1.165) is 38.6 Å². The molecule has 154 valence electrons. The minimum Gasteiger partial charge on any atom is -0.340 e. The number of hydrogen-bond acceptors (Lipinski definition) is 5. The molecular formula is C26H19N5O. The van der Waals surface area contributed by atoms with Gasteiger partial charge >= 0.3 is 0 Å². The van der Waals surface area contributed by atoms with Gasteiger partial charge in [-0.2, -0.15) is 0 Å². The lowest BCUT2D eigenvalue weighted by molar-refractivity contribution is -0.111. The summed E-state index contributed by atoms with van der Waals surface area (Å²) in [5.74, 6) is 0.418. The van der Waals surface area contributed by atoms with Gasteiger partial charge in [0.1, 0.15) is 12.1 Å². The van der Waals surface area contributed by atoms with Crippen LogP contribution in [0.2, 0.25) is 0 Å². The number of nitrogens with one attached hydrogen (secondary N) is 2. The van der Waals surface area contributed by atoms with Crippen LogP contribution in [0.4, 0.5) is 17.2 Å². The molecule has 3 aromatic carbocycles. The smallest absolute Gasteiger partial charge is 0.247 e. The van der Waals surface area contributed by atoms with Crippen LogP contribution in [0.3, 0.4) is 0 Å². The first kappa shape index (κ1) is 19.4. The van der Waals surface area contributed by atoms with Crippen molar-refractivity contribution in [3.63, 3.8) is 0 Å². The second kappa shape index (κ2) is 8.28. The number of nitrogens with zero attached hydrogens (tertiary/aromatic N) is 3. The summed E-state index contributed by atoms with van der Waals surface area (Å²) < 4.78 is 0. The van der Waals surface area contributed by atoms with Gasteiger partial charge in [0, 0.05) is 33.9 Å². The van der Waals surface area contributed by atoms with Crippen LogP contribution in [0.25, 0.3) is 32.9 Å². The number of hydrogen-bond donors (Lipinski definition) is 2. The summed E-state index contributed by atoms with van der Waals surface area (Å²) in [6, 6.07) is 23.7. The first-order chi connectivity index (χ1) is 15.7. The maximum atomic E-state index is 11.6. The van der Waals surface area contributed by atoms with E-state index in [1.807, 2.05) is 60.8 Å². The molecule has 5 rings (SSSR count). The average Bonchev–Trinajstić information content (AvgIpc) is 2.84. The molecule has 32 heavy (non-hydrogen) atoms. The van der Waals surface area contributed by atoms with Gasteiger partial charge in [0.2, 0.25) is 5.91 Å². The van der Waals surface area contributed by atoms with E-state index >= 15 is 0 Å². The van der Waals surface area contributed by atoms with Gasteiger partial charge < -0.3 is 10.6 Å². The number of aromatic nitrogens is 3. The molecule has 2 aromatic heterocycles. The van der Waals surface area contributed by atoms with E-state index in [1.165, 1.54) is 12.4 Å². The van der Waals surface area contributed by atoms with Crippen molar-refractivity contribution in [2.75, 3.05) is 10.6 Å². The zero-order valence-electron chi connectivity index (χ0n) is 17.1. The summed E-state index contributed by atoms with van der Waals surface area (Å²) in [5.41, 5.74) is 5.31. The van der Waals surface area contributed by atoms with Gasteiger partial charge in [0.15, 0.2) is 0 Å². The summed E-state index contributed by atoms with van der Waals surface area (Å²) in [7, 11) is 0. The average molecular weight is 417 g/mol. The zero-order valence-corrected chi connectivity index (χ0v) is 17.1. The number of carbonyl (C=O) groups is 1. The van der Waals surface area contributed by atoms with Crippen molar-refractivity contribution in [3.8, 4) is 11.1 Å². The highest BCUT2D eigenvalue weighted by atomic mass is 16.1. The molecule has 0 atom stereocenters. The van der Waals surface area contributed by atoms with Crippen molar-refractivity contribution < 1.29 is 4.79 Å². The highest BCUT2D eigenvalue weighted by Gasteiger charge is 2.08. The second-order valence-corrected chi connectivity index (χ2v) is 7.27. The fraction of sp³-hybridized carbons (Fsp3) is 0. The monoisotopic (exact) mass is 417 g/mol. The SMILES string of the molecule is C=CC(=O)Nc1cccc(Nc2ncnc3ccc(-c4cnc5ccccc5c4)cc23)c1. The molecule has 0 bridgehead atoms. The maximum Gasteiger partial charge on any atom is 0.247 e. The van der Waals surface area contributed by atoms with Crippen molar-refractivity contribution in [3.05, 3.63) is 98.0 Å². The van der Waals surface area contributed by atoms with Crippen LogP contribution in [0.5, 0.6) is 0 Å². The van der Waals surface area contributed by atoms with Gasteiger partial charge in [-0.25, -0.2) is 9.97 Å². The fourth-order valence-corrected chi connectivity index (χ4v) is 3.57. The van der Waals surface area contributed by atoms with Crippen LogP contribution >= 0.6 is 0 Å². The largest absolute Gasteiger partial charge is 0.340 e. The normalized spacial score (nSPS) is 10.8. The molecule has 6 nitrogen and oxygen atoms in total. The molecular weight excluding hydrogens is 398 g/mol. The van der Waals surface area contributed by atoms with Gasteiger partial charge in [0.05, 0.1) is 11.0 Å². The maximum absolute atomic E-state index is 11.6. The summed E-state index contributed by atoms with van der Waals surface area (Å²) in [6.07, 6.45) is 4.65. The highest BCUT2D eigenvalue weighted by Crippen LogP contribution is 2.30. The minimum absolute atomic E-state index is 0.261. The lowest BCUT2D eigenvalue weighted by Crippen LogP contribution is -2.07. The van der Waals surface area contributed by atoms with Gasteiger partial charge in [-0.3, -0.25) is 9.78 Å². The summed E-state index contributed by atoms with van der Waals surface area (Å²) >= 11 is 0. The molecule has 0 aliphatic rings. The van der Waals surface area contributed by atoms with Crippen LogP contribution in [0.1, 0.15) is 0 Å². The van der Waals surface area contributed by atoms with Crippen LogP contribution in [0, 0.1) is 0 Å². The first-order valence-electron chi connectivity index (χ1n) is 10.1. The summed E-state index contributed by atoms with van der Waals surface area (Å²) in [5, 5.41) is 8.08. The quantitative estimate of drug-likeness (QED) is 0.358. The molecule has 6 heteroatoms. The Bertz CT molecular complexity index is 1480. The lowest BCUT2D eigenvalue weighted by atomic mass is 10.0. The number of amides is 1. The topological polar surface area (TPSA) is 79.8 Å². The van der Waals surface area contributed by atoms with Gasteiger partial charge in [-0.05, 0) is 54.1 Å². The standard InChI is InChI=1S/C26H19N5O/c1-2-25(32)30-20-7-5-8-21(14-20)31-26-22-13-17(10-11-24(22)28-16-29-26)19-12-18-6-3-4-9-23(18)27-15-19/h2-16H,1H2,(H,30,32)(H,28,29,31). The van der Waals surface area contributed by atoms with E-state index in [0.29, 0.717) is 11.5 Å². The lowest BCUT2D eigenvalue weighted by Gasteiger charge is -2.11. The molecule has 0 spiro atoms. The van der Waals surface area contributed by atoms with Crippen molar-refractivity contribution in [1.29, 1.82) is 0 Å². The number of fused-ring (bicyclic) bond motifs is 2. The number of para-hydroxylation sites is 1. The zero-order chi connectivity index (χ0) is 21.9. The van der Waals surface area contributed by atoms with E-state index in [1.54, 1.807) is 0 Å². The van der Waals surface area contributed by atoms with Crippen molar-refractivity contribution in [1.82, 2.24) is 15.0 Å². The predicted octanol–water partition coefficient (Wildman–Crippen LogP) is 5.71. The first-order valence-corrected chi connectivity index (χ1v) is 10.1. The minimum atomic E-state index is -0.261. The van der Waals surface area contributed by atoms with Crippen LogP contribution in [-0.2, 0) is 4.79 Å². The molecule has 0 unspecified atom stereocenters. The molecule has 2 N–H and O–H groups in total. The van der Waals surface area contributed by atoms with Crippen LogP contribution in [0.15, 0.2) is 98.0 Å². The fourth-order valence-electron chi connectivity index (χ4n) is 3.57. The molecule has 0 saturated carbocycles. The molecule has 5 aromatic rings. The molecule has 2 heterocycles. The van der Waals surface area contributed by atoms with Gasteiger partial charge in [-0.15, -0.1) is 0 Å². The van der Waals surface area contributed by atoms with Crippen LogP contribution < -0.4 is 10.6 Å². The third kappa shape index (κ3) is 3.89. The number of pyridine rings is 1. The Kier molecular flexibility index (Phi) is 5.01. The van der Waals surface area contributed by atoms with Crippen molar-refractivity contribution in [2.24, 2.45) is 0 Å². The number of benzene rings is 3. The Hall–Kier alpha value is -4.58. The molecule has 0 aliphatic carbocycles. The third-order valence-corrected chi connectivity index (χ3v) is 5.14. The molecule has 0 fully saturated rings. The molecule has 1 amide bonds. The molecule has 0 saturated heterocycles. The molecule has 0 aliphatic heterocycles. The van der Waals surface area contributed by atoms with E-state index in [2.05, 4.69) is 50.4 Å².